The second-order valence-corrected chi connectivity index (χ2v) is 5.36. The Morgan fingerprint density at radius 3 is 2.35 bits per heavy atom. The summed E-state index contributed by atoms with van der Waals surface area (Å²) in [7, 11) is 0. The molecule has 3 nitrogen and oxygen atoms in total. The minimum absolute atomic E-state index is 0.0499. The molecule has 1 N–H and O–H groups in total. The smallest absolute Gasteiger partial charge is 0.303 e. The molecular formula is C15H19F2NO2. The lowest BCUT2D eigenvalue weighted by Crippen LogP contribution is -2.33. The molecule has 1 aliphatic heterocycles. The van der Waals surface area contributed by atoms with Crippen LogP contribution in [-0.4, -0.2) is 29.1 Å². The maximum absolute atomic E-state index is 12.4. The van der Waals surface area contributed by atoms with E-state index in [1.54, 1.807) is 12.1 Å². The molecule has 110 valence electrons. The molecule has 0 saturated carbocycles. The van der Waals surface area contributed by atoms with E-state index in [2.05, 4.69) is 4.90 Å². The van der Waals surface area contributed by atoms with Gasteiger partial charge in [0.2, 0.25) is 0 Å². The number of benzene rings is 1. The molecule has 0 atom stereocenters. The van der Waals surface area contributed by atoms with Crippen LogP contribution in [0.15, 0.2) is 24.3 Å². The number of hydrogen-bond donors (Lipinski definition) is 1. The van der Waals surface area contributed by atoms with Gasteiger partial charge in [0.25, 0.3) is 6.43 Å². The molecule has 0 aromatic heterocycles. The van der Waals surface area contributed by atoms with Crippen molar-refractivity contribution in [1.82, 2.24) is 4.90 Å². The normalized spacial score (nSPS) is 17.6. The van der Waals surface area contributed by atoms with Gasteiger partial charge in [0.05, 0.1) is 0 Å². The monoisotopic (exact) mass is 283 g/mol. The van der Waals surface area contributed by atoms with Gasteiger partial charge in [-0.3, -0.25) is 9.69 Å². The molecule has 1 saturated heterocycles. The van der Waals surface area contributed by atoms with E-state index in [-0.39, 0.29) is 17.9 Å². The van der Waals surface area contributed by atoms with Crippen LogP contribution in [0, 0.1) is 5.92 Å². The molecular weight excluding hydrogens is 264 g/mol. The quantitative estimate of drug-likeness (QED) is 0.901. The third-order valence-corrected chi connectivity index (χ3v) is 3.81. The SMILES string of the molecule is O=C(O)CC1CCN(Cc2ccc(C(F)F)cc2)CC1. The van der Waals surface area contributed by atoms with Gasteiger partial charge < -0.3 is 5.11 Å². The highest BCUT2D eigenvalue weighted by atomic mass is 19.3. The van der Waals surface area contributed by atoms with Crippen molar-refractivity contribution in [3.05, 3.63) is 35.4 Å². The minimum atomic E-state index is -2.42. The van der Waals surface area contributed by atoms with Gasteiger partial charge in [0.15, 0.2) is 0 Å². The first kappa shape index (κ1) is 14.9. The highest BCUT2D eigenvalue weighted by Gasteiger charge is 2.21. The van der Waals surface area contributed by atoms with E-state index in [9.17, 15) is 13.6 Å². The fourth-order valence-corrected chi connectivity index (χ4v) is 2.62. The third-order valence-electron chi connectivity index (χ3n) is 3.81. The van der Waals surface area contributed by atoms with E-state index in [4.69, 9.17) is 5.11 Å². The van der Waals surface area contributed by atoms with Crippen LogP contribution < -0.4 is 0 Å². The van der Waals surface area contributed by atoms with Gasteiger partial charge in [-0.25, -0.2) is 8.78 Å². The maximum atomic E-state index is 12.4. The Kier molecular flexibility index (Phi) is 5.06. The van der Waals surface area contributed by atoms with Gasteiger partial charge in [0.1, 0.15) is 0 Å². The molecule has 1 aliphatic rings. The zero-order chi connectivity index (χ0) is 14.5. The lowest BCUT2D eigenvalue weighted by Gasteiger charge is -2.31. The molecule has 2 rings (SSSR count). The van der Waals surface area contributed by atoms with E-state index in [0.717, 1.165) is 38.0 Å². The summed E-state index contributed by atoms with van der Waals surface area (Å²) in [6.45, 7) is 2.48. The predicted molar refractivity (Wildman–Crippen MR) is 71.7 cm³/mol. The fraction of sp³-hybridized carbons (Fsp3) is 0.533. The van der Waals surface area contributed by atoms with Crippen molar-refractivity contribution in [2.45, 2.75) is 32.2 Å². The molecule has 0 bridgehead atoms. The van der Waals surface area contributed by atoms with Crippen molar-refractivity contribution in [2.24, 2.45) is 5.92 Å². The Labute approximate surface area is 117 Å². The van der Waals surface area contributed by atoms with Crippen molar-refractivity contribution < 1.29 is 18.7 Å². The summed E-state index contributed by atoms with van der Waals surface area (Å²) in [6.07, 6.45) is -0.393. The summed E-state index contributed by atoms with van der Waals surface area (Å²) in [4.78, 5) is 12.9. The van der Waals surface area contributed by atoms with Crippen molar-refractivity contribution in [3.8, 4) is 0 Å². The number of halogens is 2. The number of nitrogens with zero attached hydrogens (tertiary/aromatic N) is 1. The van der Waals surface area contributed by atoms with Gasteiger partial charge >= 0.3 is 5.97 Å². The molecule has 20 heavy (non-hydrogen) atoms. The first-order valence-corrected chi connectivity index (χ1v) is 6.85. The first-order chi connectivity index (χ1) is 9.54. The van der Waals surface area contributed by atoms with E-state index in [0.29, 0.717) is 0 Å². The van der Waals surface area contributed by atoms with E-state index in [1.165, 1.54) is 12.1 Å². The third kappa shape index (κ3) is 4.27. The highest BCUT2D eigenvalue weighted by molar-refractivity contribution is 5.67. The molecule has 0 amide bonds. The van der Waals surface area contributed by atoms with Gasteiger partial charge in [0, 0.05) is 18.5 Å². The summed E-state index contributed by atoms with van der Waals surface area (Å²) in [5, 5.41) is 8.76. The van der Waals surface area contributed by atoms with Gasteiger partial charge in [-0.15, -0.1) is 0 Å². The Balaban J connectivity index is 1.81. The maximum Gasteiger partial charge on any atom is 0.303 e. The second-order valence-electron chi connectivity index (χ2n) is 5.36. The van der Waals surface area contributed by atoms with Gasteiger partial charge in [-0.05, 0) is 37.4 Å². The van der Waals surface area contributed by atoms with E-state index >= 15 is 0 Å². The largest absolute Gasteiger partial charge is 0.481 e. The molecule has 0 radical (unpaired) electrons. The number of piperidine rings is 1. The zero-order valence-electron chi connectivity index (χ0n) is 11.3. The molecule has 0 unspecified atom stereocenters. The summed E-state index contributed by atoms with van der Waals surface area (Å²) in [5.74, 6) is -0.462. The number of aliphatic carboxylic acids is 1. The van der Waals surface area contributed by atoms with Crippen molar-refractivity contribution >= 4 is 5.97 Å². The fourth-order valence-electron chi connectivity index (χ4n) is 2.62. The topological polar surface area (TPSA) is 40.5 Å². The van der Waals surface area contributed by atoms with Crippen LogP contribution in [0.3, 0.4) is 0 Å². The van der Waals surface area contributed by atoms with Crippen LogP contribution in [0.1, 0.15) is 36.8 Å². The van der Waals surface area contributed by atoms with Crippen LogP contribution in [0.2, 0.25) is 0 Å². The van der Waals surface area contributed by atoms with Crippen LogP contribution in [-0.2, 0) is 11.3 Å². The number of rotatable bonds is 5. The minimum Gasteiger partial charge on any atom is -0.481 e. The number of alkyl halides is 2. The van der Waals surface area contributed by atoms with Gasteiger partial charge in [-0.1, -0.05) is 24.3 Å². The standard InChI is InChI=1S/C15H19F2NO2/c16-15(17)13-3-1-12(2-4-13)10-18-7-5-11(6-8-18)9-14(19)20/h1-4,11,15H,5-10H2,(H,19,20). The van der Waals surface area contributed by atoms with Gasteiger partial charge in [-0.2, -0.15) is 0 Å². The summed E-state index contributed by atoms with van der Waals surface area (Å²) < 4.78 is 24.9. The predicted octanol–water partition coefficient (Wildman–Crippen LogP) is 3.31. The molecule has 1 fully saturated rings. The lowest BCUT2D eigenvalue weighted by molar-refractivity contribution is -0.138. The Bertz CT molecular complexity index is 440. The lowest BCUT2D eigenvalue weighted by atomic mass is 9.93. The number of carboxylic acids is 1. The Hall–Kier alpha value is -1.49. The second kappa shape index (κ2) is 6.79. The molecule has 0 spiro atoms. The Morgan fingerprint density at radius 2 is 1.85 bits per heavy atom. The van der Waals surface area contributed by atoms with Crippen LogP contribution >= 0.6 is 0 Å². The summed E-state index contributed by atoms with van der Waals surface area (Å²) in [5.41, 5.74) is 1.07. The number of carbonyl (C=O) groups is 1. The first-order valence-electron chi connectivity index (χ1n) is 6.85. The van der Waals surface area contributed by atoms with Crippen molar-refractivity contribution in [1.29, 1.82) is 0 Å². The molecule has 0 aliphatic carbocycles. The van der Waals surface area contributed by atoms with E-state index < -0.39 is 12.4 Å². The van der Waals surface area contributed by atoms with Crippen molar-refractivity contribution in [3.63, 3.8) is 0 Å². The summed E-state index contributed by atoms with van der Waals surface area (Å²) >= 11 is 0. The average molecular weight is 283 g/mol. The van der Waals surface area contributed by atoms with Crippen LogP contribution in [0.25, 0.3) is 0 Å². The number of hydrogen-bond acceptors (Lipinski definition) is 2. The average Bonchev–Trinajstić information content (AvgIpc) is 2.41. The molecule has 1 aromatic carbocycles. The van der Waals surface area contributed by atoms with Crippen LogP contribution in [0.4, 0.5) is 8.78 Å². The van der Waals surface area contributed by atoms with Crippen LogP contribution in [0.5, 0.6) is 0 Å². The number of carboxylic acid groups (broad SMARTS) is 1. The zero-order valence-corrected chi connectivity index (χ0v) is 11.3. The molecule has 1 aromatic rings. The number of likely N-dealkylation sites (tertiary alicyclic amines) is 1. The van der Waals surface area contributed by atoms with Crippen molar-refractivity contribution in [2.75, 3.05) is 13.1 Å². The Morgan fingerprint density at radius 1 is 1.25 bits per heavy atom. The molecule has 1 heterocycles. The highest BCUT2D eigenvalue weighted by Crippen LogP contribution is 2.23. The summed E-state index contributed by atoms with van der Waals surface area (Å²) in [6, 6.07) is 6.42. The molecule has 5 heteroatoms. The van der Waals surface area contributed by atoms with E-state index in [1.807, 2.05) is 0 Å².